The molecule has 2 aromatic carbocycles. The van der Waals surface area contributed by atoms with Gasteiger partial charge in [-0.25, -0.2) is 0 Å². The number of likely N-dealkylation sites (N-methyl/N-ethyl adjacent to an activating group) is 1. The van der Waals surface area contributed by atoms with Crippen LogP contribution >= 0.6 is 0 Å². The summed E-state index contributed by atoms with van der Waals surface area (Å²) in [4.78, 5) is 41.1. The first-order valence-electron chi connectivity index (χ1n) is 10.4. The topological polar surface area (TPSA) is 99.0 Å². The number of amides is 2. The van der Waals surface area contributed by atoms with E-state index in [0.29, 0.717) is 5.69 Å². The van der Waals surface area contributed by atoms with Gasteiger partial charge in [-0.15, -0.1) is 0 Å². The molecular formula is C22H24FN5O4. The summed E-state index contributed by atoms with van der Waals surface area (Å²) >= 11 is 0. The lowest BCUT2D eigenvalue weighted by Crippen LogP contribution is -2.44. The Kier molecular flexibility index (Phi) is 6.04. The number of nitro groups is 1. The van der Waals surface area contributed by atoms with Crippen molar-refractivity contribution >= 4 is 34.6 Å². The predicted molar refractivity (Wildman–Crippen MR) is 118 cm³/mol. The highest BCUT2D eigenvalue weighted by molar-refractivity contribution is 6.03. The summed E-state index contributed by atoms with van der Waals surface area (Å²) in [5.74, 6) is -2.22. The fourth-order valence-corrected chi connectivity index (χ4v) is 4.01. The summed E-state index contributed by atoms with van der Waals surface area (Å²) < 4.78 is 13.6. The number of piperazine rings is 1. The van der Waals surface area contributed by atoms with Gasteiger partial charge in [0.25, 0.3) is 0 Å². The molecule has 2 heterocycles. The number of nitro benzene ring substituents is 1. The van der Waals surface area contributed by atoms with E-state index in [1.807, 2.05) is 24.3 Å². The highest BCUT2D eigenvalue weighted by Crippen LogP contribution is 2.30. The molecule has 0 bridgehead atoms. The van der Waals surface area contributed by atoms with Crippen LogP contribution in [0.4, 0.5) is 27.1 Å². The lowest BCUT2D eigenvalue weighted by atomic mass is 10.1. The third-order valence-corrected chi connectivity index (χ3v) is 5.94. The molecule has 0 saturated carbocycles. The maximum Gasteiger partial charge on any atom is 0.306 e. The van der Waals surface area contributed by atoms with Crippen molar-refractivity contribution < 1.29 is 18.9 Å². The smallest absolute Gasteiger partial charge is 0.306 e. The highest BCUT2D eigenvalue weighted by Gasteiger charge is 2.36. The number of carbonyl (C=O) groups excluding carboxylic acids is 2. The first-order chi connectivity index (χ1) is 15.3. The summed E-state index contributed by atoms with van der Waals surface area (Å²) in [6.07, 6.45) is -0.0175. The number of hydrogen-bond donors (Lipinski definition) is 1. The molecule has 10 heteroatoms. The summed E-state index contributed by atoms with van der Waals surface area (Å²) in [5.41, 5.74) is 1.23. The number of rotatable bonds is 5. The molecular weight excluding hydrogens is 417 g/mol. The maximum atomic E-state index is 13.6. The second kappa shape index (κ2) is 8.91. The molecule has 2 aromatic rings. The quantitative estimate of drug-likeness (QED) is 0.565. The zero-order valence-electron chi connectivity index (χ0n) is 17.7. The molecule has 1 N–H and O–H groups in total. The third-order valence-electron chi connectivity index (χ3n) is 5.94. The Labute approximate surface area is 184 Å². The van der Waals surface area contributed by atoms with E-state index in [9.17, 15) is 24.1 Å². The van der Waals surface area contributed by atoms with Crippen molar-refractivity contribution in [1.29, 1.82) is 0 Å². The average Bonchev–Trinajstić information content (AvgIpc) is 3.17. The molecule has 0 radical (unpaired) electrons. The monoisotopic (exact) mass is 441 g/mol. The molecule has 1 unspecified atom stereocenters. The number of hydrogen-bond acceptors (Lipinski definition) is 6. The van der Waals surface area contributed by atoms with E-state index in [1.54, 1.807) is 0 Å². The van der Waals surface area contributed by atoms with E-state index in [4.69, 9.17) is 0 Å². The van der Waals surface area contributed by atoms with Gasteiger partial charge in [-0.1, -0.05) is 0 Å². The van der Waals surface area contributed by atoms with Gasteiger partial charge in [0.05, 0.1) is 16.5 Å². The number of nitrogens with zero attached hydrogens (tertiary/aromatic N) is 4. The van der Waals surface area contributed by atoms with E-state index < -0.39 is 22.3 Å². The van der Waals surface area contributed by atoms with Crippen LogP contribution in [0, 0.1) is 21.8 Å². The molecule has 168 valence electrons. The number of anilines is 3. The van der Waals surface area contributed by atoms with Crippen molar-refractivity contribution in [3.63, 3.8) is 0 Å². The van der Waals surface area contributed by atoms with Crippen molar-refractivity contribution in [2.45, 2.75) is 6.42 Å². The van der Waals surface area contributed by atoms with Crippen LogP contribution in [0.1, 0.15) is 6.42 Å². The average molecular weight is 441 g/mol. The Morgan fingerprint density at radius 2 is 1.75 bits per heavy atom. The molecule has 32 heavy (non-hydrogen) atoms. The Balaban J connectivity index is 1.39. The fraction of sp³-hybridized carbons (Fsp3) is 0.364. The zero-order chi connectivity index (χ0) is 22.8. The predicted octanol–water partition coefficient (Wildman–Crippen LogP) is 2.48. The van der Waals surface area contributed by atoms with E-state index in [2.05, 4.69) is 22.2 Å². The van der Waals surface area contributed by atoms with Gasteiger partial charge in [-0.05, 0) is 43.4 Å². The second-order valence-corrected chi connectivity index (χ2v) is 8.12. The maximum absolute atomic E-state index is 13.6. The SMILES string of the molecule is CN1CCN(c2ccc(NC(=O)C3CC(=O)N(c4ccc(F)c([N+](=O)[O-])c4)C3)cc2)CC1. The van der Waals surface area contributed by atoms with Gasteiger partial charge < -0.3 is 20.0 Å². The number of benzene rings is 2. The van der Waals surface area contributed by atoms with Crippen molar-refractivity contribution in [1.82, 2.24) is 4.90 Å². The molecule has 2 fully saturated rings. The van der Waals surface area contributed by atoms with E-state index in [0.717, 1.165) is 44.0 Å². The van der Waals surface area contributed by atoms with Crippen LogP contribution in [0.2, 0.25) is 0 Å². The Morgan fingerprint density at radius 1 is 1.09 bits per heavy atom. The van der Waals surface area contributed by atoms with Crippen molar-refractivity contribution in [2.24, 2.45) is 5.92 Å². The molecule has 9 nitrogen and oxygen atoms in total. The van der Waals surface area contributed by atoms with Crippen LogP contribution in [0.5, 0.6) is 0 Å². The molecule has 1 atom stereocenters. The van der Waals surface area contributed by atoms with Gasteiger partial charge in [0, 0.05) is 56.6 Å². The summed E-state index contributed by atoms with van der Waals surface area (Å²) in [6, 6.07) is 10.9. The molecule has 0 aromatic heterocycles. The minimum absolute atomic E-state index is 0.0175. The molecule has 2 saturated heterocycles. The normalized spacial score (nSPS) is 19.3. The first-order valence-corrected chi connectivity index (χ1v) is 10.4. The van der Waals surface area contributed by atoms with Gasteiger partial charge >= 0.3 is 5.69 Å². The van der Waals surface area contributed by atoms with E-state index in [-0.39, 0.29) is 30.5 Å². The third kappa shape index (κ3) is 4.54. The van der Waals surface area contributed by atoms with Gasteiger partial charge in [0.1, 0.15) is 0 Å². The molecule has 0 aliphatic carbocycles. The summed E-state index contributed by atoms with van der Waals surface area (Å²) in [5, 5.41) is 13.8. The molecule has 4 rings (SSSR count). The van der Waals surface area contributed by atoms with Gasteiger partial charge in [0.15, 0.2) is 0 Å². The van der Waals surface area contributed by atoms with Crippen LogP contribution in [0.15, 0.2) is 42.5 Å². The van der Waals surface area contributed by atoms with E-state index in [1.165, 1.54) is 11.0 Å². The second-order valence-electron chi connectivity index (χ2n) is 8.12. The Morgan fingerprint density at radius 3 is 2.41 bits per heavy atom. The van der Waals surface area contributed by atoms with Crippen LogP contribution in [-0.2, 0) is 9.59 Å². The standard InChI is InChI=1S/C22H24FN5O4/c1-25-8-10-26(11-9-25)17-4-2-16(3-5-17)24-22(30)15-12-21(29)27(14-15)18-6-7-19(23)20(13-18)28(31)32/h2-7,13,15H,8-12,14H2,1H3,(H,24,30). The zero-order valence-corrected chi connectivity index (χ0v) is 17.7. The molecule has 2 aliphatic heterocycles. The van der Waals surface area contributed by atoms with Crippen LogP contribution in [0.3, 0.4) is 0 Å². The number of nitrogens with one attached hydrogen (secondary N) is 1. The molecule has 0 spiro atoms. The fourth-order valence-electron chi connectivity index (χ4n) is 4.01. The lowest BCUT2D eigenvalue weighted by molar-refractivity contribution is -0.387. The minimum Gasteiger partial charge on any atom is -0.369 e. The summed E-state index contributed by atoms with van der Waals surface area (Å²) in [6.45, 7) is 3.98. The Bertz CT molecular complexity index is 1040. The molecule has 2 aliphatic rings. The van der Waals surface area contributed by atoms with Crippen LogP contribution in [-0.4, -0.2) is 61.4 Å². The number of halogens is 1. The highest BCUT2D eigenvalue weighted by atomic mass is 19.1. The minimum atomic E-state index is -0.972. The van der Waals surface area contributed by atoms with Gasteiger partial charge in [0.2, 0.25) is 17.6 Å². The van der Waals surface area contributed by atoms with Gasteiger partial charge in [-0.2, -0.15) is 4.39 Å². The van der Waals surface area contributed by atoms with Crippen LogP contribution < -0.4 is 15.1 Å². The summed E-state index contributed by atoms with van der Waals surface area (Å²) in [7, 11) is 2.10. The Hall–Kier alpha value is -3.53. The first kappa shape index (κ1) is 21.7. The number of carbonyl (C=O) groups is 2. The van der Waals surface area contributed by atoms with Crippen molar-refractivity contribution in [3.05, 3.63) is 58.4 Å². The van der Waals surface area contributed by atoms with Crippen LogP contribution in [0.25, 0.3) is 0 Å². The van der Waals surface area contributed by atoms with Crippen molar-refractivity contribution in [2.75, 3.05) is 54.9 Å². The molecule has 2 amide bonds. The largest absolute Gasteiger partial charge is 0.369 e. The van der Waals surface area contributed by atoms with E-state index >= 15 is 0 Å². The van der Waals surface area contributed by atoms with Crippen molar-refractivity contribution in [3.8, 4) is 0 Å². The van der Waals surface area contributed by atoms with Gasteiger partial charge in [-0.3, -0.25) is 19.7 Å². The lowest BCUT2D eigenvalue weighted by Gasteiger charge is -2.34.